The zero-order valence-corrected chi connectivity index (χ0v) is 12.5. The van der Waals surface area contributed by atoms with Crippen LogP contribution in [0.5, 0.6) is 0 Å². The van der Waals surface area contributed by atoms with Crippen molar-refractivity contribution in [2.45, 2.75) is 45.6 Å². The van der Waals surface area contributed by atoms with Crippen LogP contribution in [0.15, 0.2) is 24.5 Å². The number of benzene rings is 1. The van der Waals surface area contributed by atoms with Gasteiger partial charge in [-0.2, -0.15) is 0 Å². The van der Waals surface area contributed by atoms with E-state index in [1.807, 2.05) is 6.33 Å². The molecule has 1 aliphatic carbocycles. The van der Waals surface area contributed by atoms with Gasteiger partial charge < -0.3 is 9.67 Å². The maximum Gasteiger partial charge on any atom is 0.335 e. The fraction of sp³-hybridized carbons (Fsp3) is 0.529. The minimum absolute atomic E-state index is 0.329. The number of imidazole rings is 1. The summed E-state index contributed by atoms with van der Waals surface area (Å²) >= 11 is 0. The minimum atomic E-state index is -0.884. The van der Waals surface area contributed by atoms with Gasteiger partial charge >= 0.3 is 5.97 Å². The van der Waals surface area contributed by atoms with Gasteiger partial charge in [-0.05, 0) is 42.9 Å². The van der Waals surface area contributed by atoms with Crippen molar-refractivity contribution in [1.29, 1.82) is 0 Å². The van der Waals surface area contributed by atoms with Crippen molar-refractivity contribution >= 4 is 17.0 Å². The van der Waals surface area contributed by atoms with E-state index in [0.717, 1.165) is 35.8 Å². The first kappa shape index (κ1) is 14.1. The molecule has 0 amide bonds. The number of nitrogens with zero attached hydrogens (tertiary/aromatic N) is 2. The number of hydrogen-bond donors (Lipinski definition) is 1. The number of fused-ring (bicyclic) bond motifs is 1. The summed E-state index contributed by atoms with van der Waals surface area (Å²) in [4.78, 5) is 15.5. The number of aryl methyl sites for hydroxylation is 1. The van der Waals surface area contributed by atoms with Crippen LogP contribution in [0, 0.1) is 11.8 Å². The van der Waals surface area contributed by atoms with E-state index in [2.05, 4.69) is 16.5 Å². The molecule has 1 aliphatic rings. The van der Waals surface area contributed by atoms with Gasteiger partial charge in [-0.15, -0.1) is 0 Å². The molecule has 112 valence electrons. The average Bonchev–Trinajstić information content (AvgIpc) is 2.87. The SMILES string of the molecule is CC1CCCC(CCn2cnc3ccc(C(=O)O)cc32)C1. The Kier molecular flexibility index (Phi) is 3.95. The fourth-order valence-corrected chi connectivity index (χ4v) is 3.51. The lowest BCUT2D eigenvalue weighted by Crippen LogP contribution is -2.15. The first-order valence-corrected chi connectivity index (χ1v) is 7.81. The van der Waals surface area contributed by atoms with E-state index in [-0.39, 0.29) is 0 Å². The maximum absolute atomic E-state index is 11.1. The van der Waals surface area contributed by atoms with Crippen molar-refractivity contribution in [2.24, 2.45) is 11.8 Å². The van der Waals surface area contributed by atoms with Gasteiger partial charge in [0.15, 0.2) is 0 Å². The molecule has 2 atom stereocenters. The Morgan fingerprint density at radius 1 is 1.43 bits per heavy atom. The van der Waals surface area contributed by atoms with Crippen LogP contribution in [-0.4, -0.2) is 20.6 Å². The Labute approximate surface area is 124 Å². The van der Waals surface area contributed by atoms with Crippen molar-refractivity contribution in [2.75, 3.05) is 0 Å². The van der Waals surface area contributed by atoms with Crippen LogP contribution in [0.2, 0.25) is 0 Å². The molecule has 4 heteroatoms. The second kappa shape index (κ2) is 5.88. The molecule has 1 aromatic carbocycles. The van der Waals surface area contributed by atoms with E-state index in [4.69, 9.17) is 5.11 Å². The van der Waals surface area contributed by atoms with E-state index >= 15 is 0 Å². The van der Waals surface area contributed by atoms with Gasteiger partial charge in [0.05, 0.1) is 22.9 Å². The fourth-order valence-electron chi connectivity index (χ4n) is 3.51. The van der Waals surface area contributed by atoms with Crippen LogP contribution in [0.3, 0.4) is 0 Å². The second-order valence-corrected chi connectivity index (χ2v) is 6.37. The van der Waals surface area contributed by atoms with Crippen molar-refractivity contribution < 1.29 is 9.90 Å². The van der Waals surface area contributed by atoms with Gasteiger partial charge in [-0.3, -0.25) is 0 Å². The molecule has 2 aromatic rings. The smallest absolute Gasteiger partial charge is 0.335 e. The predicted molar refractivity (Wildman–Crippen MR) is 82.4 cm³/mol. The van der Waals surface area contributed by atoms with Crippen molar-refractivity contribution in [3.63, 3.8) is 0 Å². The van der Waals surface area contributed by atoms with Gasteiger partial charge in [0.25, 0.3) is 0 Å². The highest BCUT2D eigenvalue weighted by Gasteiger charge is 2.19. The van der Waals surface area contributed by atoms with Crippen LogP contribution in [0.4, 0.5) is 0 Å². The number of hydrogen-bond acceptors (Lipinski definition) is 2. The number of rotatable bonds is 4. The lowest BCUT2D eigenvalue weighted by atomic mass is 9.81. The lowest BCUT2D eigenvalue weighted by molar-refractivity contribution is 0.0697. The van der Waals surface area contributed by atoms with Crippen LogP contribution < -0.4 is 0 Å². The normalized spacial score (nSPS) is 22.5. The van der Waals surface area contributed by atoms with Crippen LogP contribution in [0.25, 0.3) is 11.0 Å². The van der Waals surface area contributed by atoms with E-state index in [0.29, 0.717) is 5.56 Å². The van der Waals surface area contributed by atoms with Crippen molar-refractivity contribution in [3.8, 4) is 0 Å². The molecule has 1 aromatic heterocycles. The van der Waals surface area contributed by atoms with Crippen molar-refractivity contribution in [1.82, 2.24) is 9.55 Å². The summed E-state index contributed by atoms with van der Waals surface area (Å²) in [5.74, 6) is 0.765. The molecular weight excluding hydrogens is 264 g/mol. The van der Waals surface area contributed by atoms with Gasteiger partial charge in [0.2, 0.25) is 0 Å². The molecule has 21 heavy (non-hydrogen) atoms. The third-order valence-electron chi connectivity index (χ3n) is 4.69. The van der Waals surface area contributed by atoms with E-state index in [1.54, 1.807) is 18.2 Å². The number of aromatic carboxylic acids is 1. The van der Waals surface area contributed by atoms with Gasteiger partial charge in [0, 0.05) is 6.54 Å². The van der Waals surface area contributed by atoms with E-state index < -0.39 is 5.97 Å². The Hall–Kier alpha value is -1.84. The summed E-state index contributed by atoms with van der Waals surface area (Å²) in [6.07, 6.45) is 8.37. The van der Waals surface area contributed by atoms with Crippen LogP contribution in [0.1, 0.15) is 49.4 Å². The molecule has 4 nitrogen and oxygen atoms in total. The molecule has 2 unspecified atom stereocenters. The number of aromatic nitrogens is 2. The molecule has 1 fully saturated rings. The second-order valence-electron chi connectivity index (χ2n) is 6.37. The Morgan fingerprint density at radius 3 is 3.05 bits per heavy atom. The molecule has 1 heterocycles. The molecule has 1 saturated carbocycles. The van der Waals surface area contributed by atoms with Gasteiger partial charge in [-0.1, -0.05) is 26.2 Å². The average molecular weight is 286 g/mol. The van der Waals surface area contributed by atoms with Gasteiger partial charge in [0.1, 0.15) is 0 Å². The Bertz CT molecular complexity index is 647. The molecule has 0 bridgehead atoms. The molecule has 0 spiro atoms. The topological polar surface area (TPSA) is 55.1 Å². The largest absolute Gasteiger partial charge is 0.478 e. The maximum atomic E-state index is 11.1. The highest BCUT2D eigenvalue weighted by Crippen LogP contribution is 2.31. The summed E-state index contributed by atoms with van der Waals surface area (Å²) in [6.45, 7) is 3.27. The third kappa shape index (κ3) is 3.09. The van der Waals surface area contributed by atoms with E-state index in [1.165, 1.54) is 25.7 Å². The molecule has 0 saturated heterocycles. The molecular formula is C17H22N2O2. The summed E-state index contributed by atoms with van der Waals surface area (Å²) in [5.41, 5.74) is 2.13. The Morgan fingerprint density at radius 2 is 2.29 bits per heavy atom. The van der Waals surface area contributed by atoms with Gasteiger partial charge in [-0.25, -0.2) is 9.78 Å². The van der Waals surface area contributed by atoms with Crippen LogP contribution >= 0.6 is 0 Å². The first-order chi connectivity index (χ1) is 10.1. The molecule has 1 N–H and O–H groups in total. The van der Waals surface area contributed by atoms with Crippen molar-refractivity contribution in [3.05, 3.63) is 30.1 Å². The molecule has 0 aliphatic heterocycles. The number of carboxylic acid groups (broad SMARTS) is 1. The monoisotopic (exact) mass is 286 g/mol. The summed E-state index contributed by atoms with van der Waals surface area (Å²) in [6, 6.07) is 5.14. The third-order valence-corrected chi connectivity index (χ3v) is 4.69. The highest BCUT2D eigenvalue weighted by molar-refractivity contribution is 5.92. The van der Waals surface area contributed by atoms with E-state index in [9.17, 15) is 4.79 Å². The highest BCUT2D eigenvalue weighted by atomic mass is 16.4. The zero-order valence-electron chi connectivity index (χ0n) is 12.5. The molecule has 0 radical (unpaired) electrons. The van der Waals surface area contributed by atoms with Crippen LogP contribution in [-0.2, 0) is 6.54 Å². The minimum Gasteiger partial charge on any atom is -0.478 e. The standard InChI is InChI=1S/C17H22N2O2/c1-12-3-2-4-13(9-12)7-8-19-11-18-15-6-5-14(17(20)21)10-16(15)19/h5-6,10-13H,2-4,7-9H2,1H3,(H,20,21). The number of carboxylic acids is 1. The first-order valence-electron chi connectivity index (χ1n) is 7.81. The zero-order chi connectivity index (χ0) is 14.8. The predicted octanol–water partition coefficient (Wildman–Crippen LogP) is 3.95. The number of carbonyl (C=O) groups is 1. The summed E-state index contributed by atoms with van der Waals surface area (Å²) in [7, 11) is 0. The molecule has 3 rings (SSSR count). The summed E-state index contributed by atoms with van der Waals surface area (Å²) < 4.78 is 2.10. The summed E-state index contributed by atoms with van der Waals surface area (Å²) in [5, 5.41) is 9.11. The quantitative estimate of drug-likeness (QED) is 0.925. The lowest BCUT2D eigenvalue weighted by Gasteiger charge is -2.26. The Balaban J connectivity index is 1.74.